The largest absolute Gasteiger partial charge is 0.444 e. The standard InChI is InChI=1S/C25H33F3N6O2/c1-24(2,3)36-23(35)31-17-7-6-10-34(14-17)21-19-8-4-5-9-20(19)32-22(33-21)30-18-12-15(25(26,27)28)11-16(29)13-18/h11-13,17H,4-10,14,29H2,1-3H3,(H,31,35)(H,30,32,33)/t17-/m1/s1. The fourth-order valence-corrected chi connectivity index (χ4v) is 4.67. The van der Waals surface area contributed by atoms with Crippen molar-refractivity contribution in [2.75, 3.05) is 29.0 Å². The van der Waals surface area contributed by atoms with E-state index < -0.39 is 23.4 Å². The zero-order valence-electron chi connectivity index (χ0n) is 20.8. The van der Waals surface area contributed by atoms with Gasteiger partial charge in [-0.2, -0.15) is 18.2 Å². The highest BCUT2D eigenvalue weighted by Gasteiger charge is 2.32. The van der Waals surface area contributed by atoms with E-state index in [-0.39, 0.29) is 23.4 Å². The van der Waals surface area contributed by atoms with Gasteiger partial charge in [0.05, 0.1) is 11.3 Å². The molecule has 1 atom stereocenters. The molecule has 196 valence electrons. The number of nitrogens with one attached hydrogen (secondary N) is 2. The van der Waals surface area contributed by atoms with Crippen LogP contribution in [0.1, 0.15) is 63.3 Å². The number of piperidine rings is 1. The lowest BCUT2D eigenvalue weighted by Gasteiger charge is -2.36. The molecular formula is C25H33F3N6O2. The average molecular weight is 507 g/mol. The molecule has 1 aromatic heterocycles. The number of aryl methyl sites for hydroxylation is 1. The summed E-state index contributed by atoms with van der Waals surface area (Å²) >= 11 is 0. The lowest BCUT2D eigenvalue weighted by molar-refractivity contribution is -0.137. The van der Waals surface area contributed by atoms with Crippen molar-refractivity contribution in [2.45, 2.75) is 77.1 Å². The van der Waals surface area contributed by atoms with Gasteiger partial charge in [-0.25, -0.2) is 9.78 Å². The Hall–Kier alpha value is -3.24. The minimum absolute atomic E-state index is 0.00222. The summed E-state index contributed by atoms with van der Waals surface area (Å²) in [4.78, 5) is 23.8. The van der Waals surface area contributed by atoms with Gasteiger partial charge in [0.15, 0.2) is 0 Å². The molecule has 2 heterocycles. The number of amides is 1. The smallest absolute Gasteiger partial charge is 0.416 e. The molecule has 0 bridgehead atoms. The van der Waals surface area contributed by atoms with Gasteiger partial charge in [-0.3, -0.25) is 0 Å². The van der Waals surface area contributed by atoms with Crippen LogP contribution in [-0.2, 0) is 23.8 Å². The van der Waals surface area contributed by atoms with Gasteiger partial charge >= 0.3 is 12.3 Å². The molecule has 0 saturated carbocycles. The van der Waals surface area contributed by atoms with E-state index in [1.165, 1.54) is 6.07 Å². The summed E-state index contributed by atoms with van der Waals surface area (Å²) in [5.41, 5.74) is 6.44. The Labute approximate surface area is 208 Å². The van der Waals surface area contributed by atoms with Crippen LogP contribution in [-0.4, -0.2) is 40.8 Å². The minimum Gasteiger partial charge on any atom is -0.444 e. The van der Waals surface area contributed by atoms with Crippen LogP contribution < -0.4 is 21.3 Å². The first-order valence-electron chi connectivity index (χ1n) is 12.3. The van der Waals surface area contributed by atoms with Crippen LogP contribution >= 0.6 is 0 Å². The van der Waals surface area contributed by atoms with Gasteiger partial charge in [0.2, 0.25) is 5.95 Å². The molecule has 0 unspecified atom stereocenters. The molecule has 1 aromatic carbocycles. The van der Waals surface area contributed by atoms with Gasteiger partial charge in [-0.05, 0) is 77.5 Å². The number of aromatic nitrogens is 2. The Kier molecular flexibility index (Phi) is 7.19. The van der Waals surface area contributed by atoms with Crippen LogP contribution in [0, 0.1) is 0 Å². The van der Waals surface area contributed by atoms with Gasteiger partial charge in [0, 0.05) is 36.1 Å². The predicted octanol–water partition coefficient (Wildman–Crippen LogP) is 5.19. The number of nitrogens with two attached hydrogens (primary N) is 1. The number of hydrogen-bond donors (Lipinski definition) is 3. The summed E-state index contributed by atoms with van der Waals surface area (Å²) in [6.45, 7) is 6.77. The number of rotatable bonds is 4. The van der Waals surface area contributed by atoms with Crippen LogP contribution in [0.3, 0.4) is 0 Å². The van der Waals surface area contributed by atoms with E-state index >= 15 is 0 Å². The molecule has 4 rings (SSSR count). The summed E-state index contributed by atoms with van der Waals surface area (Å²) in [6, 6.07) is 3.22. The molecule has 0 spiro atoms. The number of alkyl halides is 3. The van der Waals surface area contributed by atoms with Crippen molar-refractivity contribution in [3.05, 3.63) is 35.0 Å². The number of alkyl carbamates (subject to hydrolysis) is 1. The van der Waals surface area contributed by atoms with Gasteiger partial charge < -0.3 is 26.0 Å². The van der Waals surface area contributed by atoms with E-state index in [9.17, 15) is 18.0 Å². The third-order valence-corrected chi connectivity index (χ3v) is 6.14. The number of carbonyl (C=O) groups is 1. The molecule has 0 radical (unpaired) electrons. The molecule has 8 nitrogen and oxygen atoms in total. The van der Waals surface area contributed by atoms with Crippen molar-refractivity contribution < 1.29 is 22.7 Å². The number of benzene rings is 1. The Morgan fingerprint density at radius 2 is 1.86 bits per heavy atom. The van der Waals surface area contributed by atoms with Gasteiger partial charge in [0.1, 0.15) is 11.4 Å². The Morgan fingerprint density at radius 3 is 2.58 bits per heavy atom. The molecule has 2 aliphatic rings. The zero-order chi connectivity index (χ0) is 26.1. The van der Waals surface area contributed by atoms with Crippen LogP contribution in [0.2, 0.25) is 0 Å². The van der Waals surface area contributed by atoms with Crippen LogP contribution in [0.15, 0.2) is 18.2 Å². The minimum atomic E-state index is -4.52. The fraction of sp³-hybridized carbons (Fsp3) is 0.560. The Balaban J connectivity index is 1.59. The highest BCUT2D eigenvalue weighted by molar-refractivity contribution is 5.68. The van der Waals surface area contributed by atoms with Crippen molar-refractivity contribution >= 4 is 29.2 Å². The van der Waals surface area contributed by atoms with Crippen molar-refractivity contribution in [3.8, 4) is 0 Å². The molecule has 1 aliphatic carbocycles. The van der Waals surface area contributed by atoms with Gasteiger partial charge in [0.25, 0.3) is 0 Å². The molecule has 1 saturated heterocycles. The van der Waals surface area contributed by atoms with Crippen molar-refractivity contribution in [1.82, 2.24) is 15.3 Å². The lowest BCUT2D eigenvalue weighted by atomic mass is 9.95. The number of halogens is 3. The molecule has 4 N–H and O–H groups in total. The molecule has 2 aromatic rings. The summed E-state index contributed by atoms with van der Waals surface area (Å²) < 4.78 is 45.2. The first-order chi connectivity index (χ1) is 16.9. The van der Waals surface area contributed by atoms with Crippen molar-refractivity contribution in [2.24, 2.45) is 0 Å². The van der Waals surface area contributed by atoms with Crippen molar-refractivity contribution in [3.63, 3.8) is 0 Å². The van der Waals surface area contributed by atoms with E-state index in [2.05, 4.69) is 20.5 Å². The van der Waals surface area contributed by atoms with E-state index in [1.54, 1.807) is 0 Å². The number of hydrogen-bond acceptors (Lipinski definition) is 7. The van der Waals surface area contributed by atoms with E-state index in [1.807, 2.05) is 20.8 Å². The number of carbonyl (C=O) groups excluding carboxylic acids is 1. The number of anilines is 4. The first kappa shape index (κ1) is 25.8. The third-order valence-electron chi connectivity index (χ3n) is 6.14. The summed E-state index contributed by atoms with van der Waals surface area (Å²) in [5, 5.41) is 5.89. The lowest BCUT2D eigenvalue weighted by Crippen LogP contribution is -2.49. The van der Waals surface area contributed by atoms with E-state index in [0.717, 1.165) is 74.3 Å². The SMILES string of the molecule is CC(C)(C)OC(=O)N[C@@H]1CCCN(c2nc(Nc3cc(N)cc(C(F)(F)F)c3)nc3c2CCCC3)C1. The van der Waals surface area contributed by atoms with Gasteiger partial charge in [-0.15, -0.1) is 0 Å². The second kappa shape index (κ2) is 10.0. The highest BCUT2D eigenvalue weighted by atomic mass is 19.4. The van der Waals surface area contributed by atoms with Crippen molar-refractivity contribution in [1.29, 1.82) is 0 Å². The number of nitrogens with zero attached hydrogens (tertiary/aromatic N) is 3. The maximum atomic E-state index is 13.3. The van der Waals surface area contributed by atoms with Crippen LogP contribution in [0.25, 0.3) is 0 Å². The molecule has 11 heteroatoms. The molecule has 1 aliphatic heterocycles. The maximum absolute atomic E-state index is 13.3. The Bertz CT molecular complexity index is 1120. The molecule has 36 heavy (non-hydrogen) atoms. The first-order valence-corrected chi connectivity index (χ1v) is 12.3. The topological polar surface area (TPSA) is 105 Å². The van der Waals surface area contributed by atoms with E-state index in [0.29, 0.717) is 6.54 Å². The summed E-state index contributed by atoms with van der Waals surface area (Å²) in [6.07, 6.45) is 0.320. The molecule has 1 fully saturated rings. The number of fused-ring (bicyclic) bond motifs is 1. The van der Waals surface area contributed by atoms with Crippen LogP contribution in [0.4, 0.5) is 41.1 Å². The average Bonchev–Trinajstić information content (AvgIpc) is 2.76. The normalized spacial score (nSPS) is 18.4. The monoisotopic (exact) mass is 506 g/mol. The number of nitrogen functional groups attached to an aromatic ring is 1. The quantitative estimate of drug-likeness (QED) is 0.490. The summed E-state index contributed by atoms with van der Waals surface area (Å²) in [5.74, 6) is 0.990. The van der Waals surface area contributed by atoms with Gasteiger partial charge in [-0.1, -0.05) is 0 Å². The molecular weight excluding hydrogens is 473 g/mol. The third kappa shape index (κ3) is 6.50. The Morgan fingerprint density at radius 1 is 1.11 bits per heavy atom. The number of ether oxygens (including phenoxy) is 1. The highest BCUT2D eigenvalue weighted by Crippen LogP contribution is 2.35. The van der Waals surface area contributed by atoms with E-state index in [4.69, 9.17) is 15.5 Å². The fourth-order valence-electron chi connectivity index (χ4n) is 4.67. The maximum Gasteiger partial charge on any atom is 0.416 e. The zero-order valence-corrected chi connectivity index (χ0v) is 20.8. The second-order valence-electron chi connectivity index (χ2n) is 10.4. The summed E-state index contributed by atoms with van der Waals surface area (Å²) in [7, 11) is 0. The molecule has 1 amide bonds. The van der Waals surface area contributed by atoms with Crippen LogP contribution in [0.5, 0.6) is 0 Å². The predicted molar refractivity (Wildman–Crippen MR) is 132 cm³/mol. The second-order valence-corrected chi connectivity index (χ2v) is 10.4.